The monoisotopic (exact) mass is 476 g/mol. The lowest BCUT2D eigenvalue weighted by Crippen LogP contribution is -2.58. The van der Waals surface area contributed by atoms with E-state index in [2.05, 4.69) is 7.74 Å². The average Bonchev–Trinajstić information content (AvgIpc) is 2.50. The van der Waals surface area contributed by atoms with Crippen LogP contribution in [0.2, 0.25) is 6.55 Å². The van der Waals surface area contributed by atoms with Gasteiger partial charge in [-0.1, -0.05) is 25.1 Å². The highest BCUT2D eigenvalue weighted by atomic mass is 32.2. The standard InChI is InChI=1S/C12H14F6O7S2Si/c1-3-10(23-9-7-5-4-6-8-9)28(2,24-26(19,20)11(13,14)15)25-27(21,22)12(16,17)18/h4-8,10H,3H2,1-2H3. The van der Waals surface area contributed by atoms with Crippen molar-refractivity contribution in [2.45, 2.75) is 36.6 Å². The van der Waals surface area contributed by atoms with Crippen LogP contribution >= 0.6 is 0 Å². The molecule has 0 aliphatic heterocycles. The molecule has 1 aromatic carbocycles. The lowest BCUT2D eigenvalue weighted by molar-refractivity contribution is -0.0538. The second-order valence-corrected chi connectivity index (χ2v) is 12.1. The van der Waals surface area contributed by atoms with Crippen molar-refractivity contribution in [3.63, 3.8) is 0 Å². The molecule has 0 bridgehead atoms. The third-order valence-corrected chi connectivity index (χ3v) is 10.3. The van der Waals surface area contributed by atoms with Gasteiger partial charge in [0.2, 0.25) is 0 Å². The smallest absolute Gasteiger partial charge is 0.488 e. The van der Waals surface area contributed by atoms with Crippen molar-refractivity contribution < 1.29 is 55.7 Å². The molecule has 16 heteroatoms. The highest BCUT2D eigenvalue weighted by Gasteiger charge is 2.61. The summed E-state index contributed by atoms with van der Waals surface area (Å²) in [6, 6.07) is 6.84. The van der Waals surface area contributed by atoms with Crippen LogP contribution in [-0.2, 0) is 28.0 Å². The summed E-state index contributed by atoms with van der Waals surface area (Å²) >= 11 is 0. The maximum Gasteiger partial charge on any atom is 0.522 e. The van der Waals surface area contributed by atoms with E-state index >= 15 is 0 Å². The third-order valence-electron chi connectivity index (χ3n) is 3.09. The Morgan fingerprint density at radius 1 is 0.893 bits per heavy atom. The Kier molecular flexibility index (Phi) is 7.20. The second kappa shape index (κ2) is 8.17. The molecule has 1 unspecified atom stereocenters. The number of ether oxygens (including phenoxy) is 1. The first-order valence-corrected chi connectivity index (χ1v) is 12.4. The van der Waals surface area contributed by atoms with Crippen LogP contribution in [0.15, 0.2) is 30.3 Å². The van der Waals surface area contributed by atoms with E-state index in [-0.39, 0.29) is 5.75 Å². The molecule has 0 aliphatic carbocycles. The van der Waals surface area contributed by atoms with E-state index in [1.807, 2.05) is 0 Å². The molecule has 0 spiro atoms. The SMILES string of the molecule is CCC(Oc1ccccc1)[Si](C)(OS(=O)(=O)C(F)(F)F)OS(=O)(=O)C(F)(F)F. The summed E-state index contributed by atoms with van der Waals surface area (Å²) in [5, 5.41) is 0. The van der Waals surface area contributed by atoms with Crippen LogP contribution in [0.25, 0.3) is 0 Å². The van der Waals surface area contributed by atoms with Gasteiger partial charge >= 0.3 is 39.8 Å². The summed E-state index contributed by atoms with van der Waals surface area (Å²) < 4.78 is 134. The molecule has 0 aliphatic rings. The number of hydrogen-bond donors (Lipinski definition) is 0. The Hall–Kier alpha value is -1.36. The first-order chi connectivity index (χ1) is 12.5. The number of halogens is 6. The summed E-state index contributed by atoms with van der Waals surface area (Å²) in [4.78, 5) is 0. The summed E-state index contributed by atoms with van der Waals surface area (Å²) in [6.45, 7) is 1.61. The molecule has 0 saturated heterocycles. The van der Waals surface area contributed by atoms with Crippen LogP contribution in [0.1, 0.15) is 13.3 Å². The van der Waals surface area contributed by atoms with Gasteiger partial charge in [-0.2, -0.15) is 43.2 Å². The molecular formula is C12H14F6O7S2Si. The van der Waals surface area contributed by atoms with Gasteiger partial charge in [-0.05, 0) is 25.1 Å². The average molecular weight is 476 g/mol. The molecule has 1 aromatic rings. The van der Waals surface area contributed by atoms with Crippen molar-refractivity contribution in [2.75, 3.05) is 0 Å². The van der Waals surface area contributed by atoms with Crippen molar-refractivity contribution in [2.24, 2.45) is 0 Å². The molecule has 162 valence electrons. The Morgan fingerprint density at radius 3 is 1.61 bits per heavy atom. The molecule has 28 heavy (non-hydrogen) atoms. The van der Waals surface area contributed by atoms with Gasteiger partial charge in [0.05, 0.1) is 0 Å². The summed E-state index contributed by atoms with van der Waals surface area (Å²) in [6.07, 6.45) is -0.432. The number of rotatable bonds is 8. The molecule has 0 saturated carbocycles. The van der Waals surface area contributed by atoms with Gasteiger partial charge < -0.3 is 4.74 Å². The molecule has 0 heterocycles. The van der Waals surface area contributed by atoms with Crippen molar-refractivity contribution >= 4 is 28.8 Å². The fourth-order valence-electron chi connectivity index (χ4n) is 1.88. The fraction of sp³-hybridized carbons (Fsp3) is 0.500. The lowest BCUT2D eigenvalue weighted by atomic mass is 10.3. The van der Waals surface area contributed by atoms with Crippen molar-refractivity contribution in [1.29, 1.82) is 0 Å². The highest BCUT2D eigenvalue weighted by Crippen LogP contribution is 2.35. The van der Waals surface area contributed by atoms with Gasteiger partial charge in [-0.3, -0.25) is 7.74 Å². The maximum absolute atomic E-state index is 12.7. The Labute approximate surface area is 157 Å². The van der Waals surface area contributed by atoms with E-state index in [0.717, 1.165) is 0 Å². The molecule has 1 rings (SSSR count). The molecule has 0 aromatic heterocycles. The molecule has 7 nitrogen and oxygen atoms in total. The predicted octanol–water partition coefficient (Wildman–Crippen LogP) is 3.19. The zero-order valence-corrected chi connectivity index (χ0v) is 16.7. The third kappa shape index (κ3) is 5.82. The van der Waals surface area contributed by atoms with E-state index in [1.165, 1.54) is 37.3 Å². The van der Waals surface area contributed by atoms with Crippen LogP contribution in [0.4, 0.5) is 26.3 Å². The van der Waals surface area contributed by atoms with Crippen molar-refractivity contribution in [3.05, 3.63) is 30.3 Å². The van der Waals surface area contributed by atoms with Gasteiger partial charge in [-0.25, -0.2) is 0 Å². The van der Waals surface area contributed by atoms with Gasteiger partial charge in [0, 0.05) is 0 Å². The summed E-state index contributed by atoms with van der Waals surface area (Å²) in [5.74, 6) is -0.0888. The van der Waals surface area contributed by atoms with E-state index in [0.29, 0.717) is 6.55 Å². The van der Waals surface area contributed by atoms with Crippen molar-refractivity contribution in [3.8, 4) is 5.75 Å². The van der Waals surface area contributed by atoms with Crippen LogP contribution in [0.5, 0.6) is 5.75 Å². The molecule has 1 atom stereocenters. The number of hydrogen-bond acceptors (Lipinski definition) is 7. The minimum absolute atomic E-state index is 0.0888. The largest absolute Gasteiger partial charge is 0.522 e. The first-order valence-electron chi connectivity index (χ1n) is 7.20. The Morgan fingerprint density at radius 2 is 1.29 bits per heavy atom. The van der Waals surface area contributed by atoms with E-state index in [4.69, 9.17) is 4.74 Å². The minimum atomic E-state index is -6.50. The first kappa shape index (κ1) is 24.7. The van der Waals surface area contributed by atoms with Gasteiger partial charge in [-0.15, -0.1) is 0 Å². The van der Waals surface area contributed by atoms with Crippen molar-refractivity contribution in [1.82, 2.24) is 0 Å². The lowest BCUT2D eigenvalue weighted by Gasteiger charge is -2.32. The van der Waals surface area contributed by atoms with Crippen LogP contribution < -0.4 is 4.74 Å². The quantitative estimate of drug-likeness (QED) is 0.323. The summed E-state index contributed by atoms with van der Waals surface area (Å²) in [7, 11) is -18.4. The van der Waals surface area contributed by atoms with Crippen LogP contribution in [-0.4, -0.2) is 42.1 Å². The number of alkyl halides is 6. The zero-order valence-electron chi connectivity index (χ0n) is 14.1. The Bertz CT molecular complexity index is 822. The molecule has 0 N–H and O–H groups in total. The maximum atomic E-state index is 12.7. The van der Waals surface area contributed by atoms with Crippen LogP contribution in [0.3, 0.4) is 0 Å². The highest BCUT2D eigenvalue weighted by molar-refractivity contribution is 7.90. The predicted molar refractivity (Wildman–Crippen MR) is 84.9 cm³/mol. The topological polar surface area (TPSA) is 96.0 Å². The van der Waals surface area contributed by atoms with E-state index < -0.39 is 52.0 Å². The minimum Gasteiger partial charge on any atom is -0.488 e. The second-order valence-electron chi connectivity index (χ2n) is 5.31. The summed E-state index contributed by atoms with van der Waals surface area (Å²) in [5.41, 5.74) is -13.9. The molecule has 0 radical (unpaired) electrons. The molecule has 0 amide bonds. The van der Waals surface area contributed by atoms with Gasteiger partial charge in [0.25, 0.3) is 0 Å². The van der Waals surface area contributed by atoms with E-state index in [1.54, 1.807) is 0 Å². The van der Waals surface area contributed by atoms with Crippen LogP contribution in [0, 0.1) is 0 Å². The fourth-order valence-corrected chi connectivity index (χ4v) is 8.43. The normalized spacial score (nSPS) is 15.3. The number of para-hydroxylation sites is 1. The van der Waals surface area contributed by atoms with Gasteiger partial charge in [0.1, 0.15) is 11.5 Å². The number of benzene rings is 1. The molecule has 0 fully saturated rings. The van der Waals surface area contributed by atoms with E-state index in [9.17, 15) is 43.2 Å². The Balaban J connectivity index is 3.44. The van der Waals surface area contributed by atoms with Gasteiger partial charge in [0.15, 0.2) is 0 Å². The molecular weight excluding hydrogens is 462 g/mol. The zero-order chi connectivity index (χ0) is 22.0.